The molecule has 3 N–H and O–H groups in total. The molecule has 3 amide bonds. The van der Waals surface area contributed by atoms with Crippen molar-refractivity contribution >= 4 is 23.3 Å². The second kappa shape index (κ2) is 13.2. The number of halogens is 3. The summed E-state index contributed by atoms with van der Waals surface area (Å²) in [5.74, 6) is 1.29. The third-order valence-electron chi connectivity index (χ3n) is 7.77. The number of nitrogens with one attached hydrogen (secondary N) is 2. The molecule has 0 saturated heterocycles. The van der Waals surface area contributed by atoms with E-state index in [1.807, 2.05) is 32.2 Å². The first-order valence-corrected chi connectivity index (χ1v) is 14.5. The number of carbonyl (C=O) groups is 2. The third kappa shape index (κ3) is 7.60. The summed E-state index contributed by atoms with van der Waals surface area (Å²) in [6.45, 7) is 5.18. The van der Waals surface area contributed by atoms with E-state index in [1.165, 1.54) is 6.07 Å². The number of carbonyl (C=O) groups excluding carboxylic acids is 2. The van der Waals surface area contributed by atoms with Crippen LogP contribution >= 0.6 is 0 Å². The molecule has 0 fully saturated rings. The minimum atomic E-state index is -4.49. The van der Waals surface area contributed by atoms with Gasteiger partial charge < -0.3 is 34.9 Å². The first-order valence-electron chi connectivity index (χ1n) is 14.5. The van der Waals surface area contributed by atoms with Crippen LogP contribution in [0.2, 0.25) is 0 Å². The van der Waals surface area contributed by atoms with Crippen LogP contribution < -0.4 is 24.8 Å². The zero-order chi connectivity index (χ0) is 32.3. The number of benzene rings is 3. The summed E-state index contributed by atoms with van der Waals surface area (Å²) in [4.78, 5) is 30.1. The van der Waals surface area contributed by atoms with Crippen LogP contribution in [0.15, 0.2) is 60.7 Å². The number of alkyl halides is 3. The summed E-state index contributed by atoms with van der Waals surface area (Å²) >= 11 is 0. The van der Waals surface area contributed by atoms with E-state index in [0.29, 0.717) is 36.9 Å². The molecule has 240 valence electrons. The number of rotatable bonds is 8. The van der Waals surface area contributed by atoms with Crippen molar-refractivity contribution in [2.24, 2.45) is 5.92 Å². The fourth-order valence-electron chi connectivity index (χ4n) is 5.28. The highest BCUT2D eigenvalue weighted by atomic mass is 19.4. The molecule has 0 saturated carbocycles. The lowest BCUT2D eigenvalue weighted by molar-refractivity contribution is -0.137. The highest BCUT2D eigenvalue weighted by molar-refractivity contribution is 6.02. The molecule has 10 nitrogen and oxygen atoms in total. The topological polar surface area (TPSA) is 113 Å². The number of ether oxygens (including phenoxy) is 3. The van der Waals surface area contributed by atoms with Crippen molar-refractivity contribution in [3.8, 4) is 17.2 Å². The van der Waals surface area contributed by atoms with Gasteiger partial charge in [-0.15, -0.1) is 0 Å². The summed E-state index contributed by atoms with van der Waals surface area (Å²) < 4.78 is 55.9. The van der Waals surface area contributed by atoms with Crippen LogP contribution in [0.1, 0.15) is 35.3 Å². The lowest BCUT2D eigenvalue weighted by Gasteiger charge is -2.38. The maximum atomic E-state index is 13.7. The van der Waals surface area contributed by atoms with Gasteiger partial charge in [-0.1, -0.05) is 13.0 Å². The first kappa shape index (κ1) is 31.9. The maximum Gasteiger partial charge on any atom is 0.416 e. The Bertz CT molecular complexity index is 1530. The van der Waals surface area contributed by atoms with Gasteiger partial charge in [-0.3, -0.25) is 9.69 Å². The standard InChI is InChI=1S/C32H35F3N4O6/c1-19-14-39(20(2)17-40)30(41)25-13-24(37-31(42)36-23-7-5-22(6-8-23)32(33,34)35)9-11-26(25)45-29(19)16-38(3)15-21-4-10-27-28(12-21)44-18-43-27/h4-13,19-20,29,40H,14-18H2,1-3H3,(H2,36,37,42)/t19-,20+,29-/m1/s1. The van der Waals surface area contributed by atoms with Gasteiger partial charge in [0.2, 0.25) is 6.79 Å². The predicted octanol–water partition coefficient (Wildman–Crippen LogP) is 5.43. The number of fused-ring (bicyclic) bond motifs is 2. The van der Waals surface area contributed by atoms with E-state index < -0.39 is 23.8 Å². The van der Waals surface area contributed by atoms with Gasteiger partial charge in [-0.25, -0.2) is 4.79 Å². The molecular formula is C32H35F3N4O6. The van der Waals surface area contributed by atoms with Crippen molar-refractivity contribution in [1.29, 1.82) is 0 Å². The highest BCUT2D eigenvalue weighted by Crippen LogP contribution is 2.34. The molecule has 2 heterocycles. The molecule has 45 heavy (non-hydrogen) atoms. The highest BCUT2D eigenvalue weighted by Gasteiger charge is 2.34. The van der Waals surface area contributed by atoms with E-state index in [4.69, 9.17) is 14.2 Å². The van der Waals surface area contributed by atoms with Crippen LogP contribution in [0.25, 0.3) is 0 Å². The predicted molar refractivity (Wildman–Crippen MR) is 161 cm³/mol. The Morgan fingerprint density at radius 3 is 2.40 bits per heavy atom. The lowest BCUT2D eigenvalue weighted by Crippen LogP contribution is -2.49. The fraction of sp³-hybridized carbons (Fsp3) is 0.375. The Morgan fingerprint density at radius 2 is 1.69 bits per heavy atom. The van der Waals surface area contributed by atoms with Crippen LogP contribution in [0.4, 0.5) is 29.3 Å². The number of hydrogen-bond acceptors (Lipinski definition) is 7. The van der Waals surface area contributed by atoms with Gasteiger partial charge in [-0.05, 0) is 74.1 Å². The van der Waals surface area contributed by atoms with E-state index in [9.17, 15) is 27.9 Å². The molecule has 3 aromatic carbocycles. The minimum Gasteiger partial charge on any atom is -0.488 e. The SMILES string of the molecule is C[C@@H]1CN([C@@H](C)CO)C(=O)c2cc(NC(=O)Nc3ccc(C(F)(F)F)cc3)ccc2O[C@@H]1CN(C)Cc1ccc2c(c1)OCO2. The van der Waals surface area contributed by atoms with Crippen molar-refractivity contribution < 1.29 is 42.1 Å². The van der Waals surface area contributed by atoms with Crippen molar-refractivity contribution in [2.75, 3.05) is 44.2 Å². The zero-order valence-electron chi connectivity index (χ0n) is 25.1. The number of anilines is 2. The minimum absolute atomic E-state index is 0.0948. The number of hydrogen-bond donors (Lipinski definition) is 3. The molecule has 3 aromatic rings. The zero-order valence-corrected chi connectivity index (χ0v) is 25.1. The number of nitrogens with zero attached hydrogens (tertiary/aromatic N) is 2. The largest absolute Gasteiger partial charge is 0.488 e. The van der Waals surface area contributed by atoms with Gasteiger partial charge in [0.05, 0.1) is 23.8 Å². The van der Waals surface area contributed by atoms with E-state index in [0.717, 1.165) is 29.8 Å². The average molecular weight is 629 g/mol. The van der Waals surface area contributed by atoms with Gasteiger partial charge in [0.25, 0.3) is 5.91 Å². The van der Waals surface area contributed by atoms with Crippen LogP contribution in [0.3, 0.4) is 0 Å². The fourth-order valence-corrected chi connectivity index (χ4v) is 5.28. The number of amides is 3. The summed E-state index contributed by atoms with van der Waals surface area (Å²) in [6.07, 6.45) is -4.82. The van der Waals surface area contributed by atoms with E-state index >= 15 is 0 Å². The number of aliphatic hydroxyl groups is 1. The molecule has 3 atom stereocenters. The van der Waals surface area contributed by atoms with Gasteiger partial charge in [0.1, 0.15) is 11.9 Å². The van der Waals surface area contributed by atoms with E-state index in [2.05, 4.69) is 15.5 Å². The average Bonchev–Trinajstić information content (AvgIpc) is 3.46. The quantitative estimate of drug-likeness (QED) is 0.305. The van der Waals surface area contributed by atoms with Crippen LogP contribution in [-0.2, 0) is 12.7 Å². The summed E-state index contributed by atoms with van der Waals surface area (Å²) in [5.41, 5.74) is 0.851. The second-order valence-electron chi connectivity index (χ2n) is 11.4. The number of aliphatic hydroxyl groups excluding tert-OH is 1. The van der Waals surface area contributed by atoms with Gasteiger partial charge in [0.15, 0.2) is 11.5 Å². The Labute approximate surface area is 258 Å². The van der Waals surface area contributed by atoms with E-state index in [-0.39, 0.29) is 48.3 Å². The summed E-state index contributed by atoms with van der Waals surface area (Å²) in [7, 11) is 1.97. The summed E-state index contributed by atoms with van der Waals surface area (Å²) in [6, 6.07) is 13.4. The van der Waals surface area contributed by atoms with Crippen LogP contribution in [0.5, 0.6) is 17.2 Å². The van der Waals surface area contributed by atoms with Crippen LogP contribution in [-0.4, -0.2) is 72.5 Å². The molecule has 0 aromatic heterocycles. The normalized spacial score (nSPS) is 18.5. The molecule has 0 spiro atoms. The monoisotopic (exact) mass is 628 g/mol. The molecule has 5 rings (SSSR count). The Kier molecular flexibility index (Phi) is 9.40. The Morgan fingerprint density at radius 1 is 1.02 bits per heavy atom. The maximum absolute atomic E-state index is 13.7. The van der Waals surface area contributed by atoms with Gasteiger partial charge in [0, 0.05) is 36.9 Å². The summed E-state index contributed by atoms with van der Waals surface area (Å²) in [5, 5.41) is 15.0. The van der Waals surface area contributed by atoms with Crippen molar-refractivity contribution in [2.45, 2.75) is 38.7 Å². The lowest BCUT2D eigenvalue weighted by atomic mass is 9.99. The smallest absolute Gasteiger partial charge is 0.416 e. The molecule has 2 aliphatic heterocycles. The van der Waals surface area contributed by atoms with E-state index in [1.54, 1.807) is 24.0 Å². The first-order chi connectivity index (χ1) is 21.4. The number of likely N-dealkylation sites (N-methyl/N-ethyl adjacent to an activating group) is 1. The Balaban J connectivity index is 1.32. The second-order valence-corrected chi connectivity index (χ2v) is 11.4. The van der Waals surface area contributed by atoms with Crippen molar-refractivity contribution in [3.05, 3.63) is 77.4 Å². The number of urea groups is 1. The van der Waals surface area contributed by atoms with Crippen molar-refractivity contribution in [3.63, 3.8) is 0 Å². The van der Waals surface area contributed by atoms with Crippen LogP contribution in [0, 0.1) is 5.92 Å². The molecule has 2 aliphatic rings. The van der Waals surface area contributed by atoms with Gasteiger partial charge in [-0.2, -0.15) is 13.2 Å². The molecule has 0 unspecified atom stereocenters. The van der Waals surface area contributed by atoms with Crippen molar-refractivity contribution in [1.82, 2.24) is 9.80 Å². The molecule has 0 aliphatic carbocycles. The Hall–Kier alpha value is -4.49. The molecular weight excluding hydrogens is 593 g/mol. The molecule has 13 heteroatoms. The third-order valence-corrected chi connectivity index (χ3v) is 7.77. The van der Waals surface area contributed by atoms with Gasteiger partial charge >= 0.3 is 12.2 Å². The molecule has 0 radical (unpaired) electrons. The molecule has 0 bridgehead atoms.